The number of nitrogen functional groups attached to an aromatic ring is 1. The van der Waals surface area contributed by atoms with E-state index in [-0.39, 0.29) is 23.3 Å². The number of rotatable bonds is 4. The summed E-state index contributed by atoms with van der Waals surface area (Å²) in [4.78, 5) is 26.9. The van der Waals surface area contributed by atoms with E-state index in [0.717, 1.165) is 19.4 Å². The molecule has 1 aromatic rings. The first-order valence-electron chi connectivity index (χ1n) is 6.41. The molecule has 2 rings (SSSR count). The third kappa shape index (κ3) is 2.95. The quantitative estimate of drug-likeness (QED) is 0.615. The molecular weight excluding hydrogens is 262 g/mol. The van der Waals surface area contributed by atoms with Crippen LogP contribution in [0, 0.1) is 16.0 Å². The summed E-state index contributed by atoms with van der Waals surface area (Å²) in [5.41, 5.74) is 11.7. The zero-order valence-corrected chi connectivity index (χ0v) is 11.0. The first kappa shape index (κ1) is 14.0. The van der Waals surface area contributed by atoms with Gasteiger partial charge in [0.25, 0.3) is 0 Å². The number of pyridine rings is 1. The fourth-order valence-electron chi connectivity index (χ4n) is 2.61. The molecule has 0 bridgehead atoms. The number of nitrogens with two attached hydrogens (primary N) is 2. The Balaban J connectivity index is 2.21. The number of carbonyl (C=O) groups is 1. The van der Waals surface area contributed by atoms with Crippen molar-refractivity contribution in [2.45, 2.75) is 19.3 Å². The number of nitro groups is 1. The molecular formula is C12H17N5O3. The molecule has 1 aromatic heterocycles. The molecule has 8 heteroatoms. The molecule has 0 spiro atoms. The van der Waals surface area contributed by atoms with E-state index in [0.29, 0.717) is 18.7 Å². The highest BCUT2D eigenvalue weighted by Crippen LogP contribution is 2.33. The van der Waals surface area contributed by atoms with Crippen LogP contribution in [0.15, 0.2) is 12.3 Å². The minimum atomic E-state index is -0.594. The maximum Gasteiger partial charge on any atom is 0.388 e. The van der Waals surface area contributed by atoms with Crippen molar-refractivity contribution in [2.75, 3.05) is 23.7 Å². The molecule has 2 heterocycles. The summed E-state index contributed by atoms with van der Waals surface area (Å²) in [7, 11) is 0. The second kappa shape index (κ2) is 5.72. The van der Waals surface area contributed by atoms with Crippen LogP contribution in [0.25, 0.3) is 0 Å². The van der Waals surface area contributed by atoms with Crippen LogP contribution >= 0.6 is 0 Å². The minimum Gasteiger partial charge on any atom is -0.390 e. The zero-order valence-electron chi connectivity index (χ0n) is 11.0. The Labute approximate surface area is 115 Å². The maximum atomic E-state index is 11.0. The van der Waals surface area contributed by atoms with Crippen LogP contribution in [0.3, 0.4) is 0 Å². The van der Waals surface area contributed by atoms with Crippen LogP contribution in [-0.2, 0) is 4.79 Å². The van der Waals surface area contributed by atoms with E-state index < -0.39 is 4.92 Å². The number of aromatic nitrogens is 1. The lowest BCUT2D eigenvalue weighted by Crippen LogP contribution is -2.37. The Morgan fingerprint density at radius 2 is 2.35 bits per heavy atom. The average Bonchev–Trinajstić information content (AvgIpc) is 2.38. The standard InChI is InChI=1S/C12H17N5O3/c13-10(18)6-8-2-1-5-16(7-8)9-3-4-15-12(11(9)14)17(19)20/h3-4,8H,1-2,5-7,14H2,(H2,13,18)/t8-/m0/s1. The monoisotopic (exact) mass is 279 g/mol. The van der Waals surface area contributed by atoms with Crippen LogP contribution in [-0.4, -0.2) is 28.9 Å². The average molecular weight is 279 g/mol. The van der Waals surface area contributed by atoms with Gasteiger partial charge in [-0.25, -0.2) is 0 Å². The van der Waals surface area contributed by atoms with E-state index in [1.807, 2.05) is 4.90 Å². The van der Waals surface area contributed by atoms with Crippen LogP contribution < -0.4 is 16.4 Å². The zero-order chi connectivity index (χ0) is 14.7. The van der Waals surface area contributed by atoms with Crippen LogP contribution in [0.1, 0.15) is 19.3 Å². The van der Waals surface area contributed by atoms with E-state index in [1.54, 1.807) is 6.07 Å². The van der Waals surface area contributed by atoms with Gasteiger partial charge in [-0.05, 0) is 28.7 Å². The van der Waals surface area contributed by atoms with Gasteiger partial charge in [0.1, 0.15) is 6.20 Å². The summed E-state index contributed by atoms with van der Waals surface area (Å²) in [6, 6.07) is 1.66. The van der Waals surface area contributed by atoms with Gasteiger partial charge in [-0.2, -0.15) is 0 Å². The van der Waals surface area contributed by atoms with Gasteiger partial charge in [-0.3, -0.25) is 4.79 Å². The number of primary amides is 1. The number of hydrogen-bond acceptors (Lipinski definition) is 6. The van der Waals surface area contributed by atoms with Crippen molar-refractivity contribution in [3.8, 4) is 0 Å². The molecule has 0 radical (unpaired) electrons. The highest BCUT2D eigenvalue weighted by molar-refractivity contribution is 5.75. The molecule has 1 fully saturated rings. The SMILES string of the molecule is NC(=O)C[C@@H]1CCCN(c2ccnc([N+](=O)[O-])c2N)C1. The van der Waals surface area contributed by atoms with Gasteiger partial charge in [0.05, 0.1) is 5.69 Å². The van der Waals surface area contributed by atoms with Gasteiger partial charge < -0.3 is 26.5 Å². The summed E-state index contributed by atoms with van der Waals surface area (Å²) in [6.45, 7) is 1.37. The second-order valence-corrected chi connectivity index (χ2v) is 4.95. The molecule has 1 atom stereocenters. The van der Waals surface area contributed by atoms with E-state index >= 15 is 0 Å². The Hall–Kier alpha value is -2.38. The number of amides is 1. The van der Waals surface area contributed by atoms with Gasteiger partial charge >= 0.3 is 5.82 Å². The fourth-order valence-corrected chi connectivity index (χ4v) is 2.61. The number of hydrogen-bond donors (Lipinski definition) is 2. The van der Waals surface area contributed by atoms with Gasteiger partial charge in [-0.1, -0.05) is 0 Å². The summed E-state index contributed by atoms with van der Waals surface area (Å²) in [5, 5.41) is 10.8. The largest absolute Gasteiger partial charge is 0.390 e. The number of nitrogens with zero attached hydrogens (tertiary/aromatic N) is 3. The summed E-state index contributed by atoms with van der Waals surface area (Å²) in [5.74, 6) is -0.502. The molecule has 4 N–H and O–H groups in total. The van der Waals surface area contributed by atoms with Crippen molar-refractivity contribution in [1.82, 2.24) is 4.98 Å². The predicted molar refractivity (Wildman–Crippen MR) is 74.1 cm³/mol. The molecule has 1 saturated heterocycles. The molecule has 0 saturated carbocycles. The Bertz CT molecular complexity index is 534. The molecule has 1 aliphatic rings. The molecule has 108 valence electrons. The molecule has 0 unspecified atom stereocenters. The van der Waals surface area contributed by atoms with E-state index in [4.69, 9.17) is 11.5 Å². The lowest BCUT2D eigenvalue weighted by Gasteiger charge is -2.34. The molecule has 1 aliphatic heterocycles. The Morgan fingerprint density at radius 3 is 3.00 bits per heavy atom. The van der Waals surface area contributed by atoms with Crippen molar-refractivity contribution < 1.29 is 9.72 Å². The van der Waals surface area contributed by atoms with Crippen LogP contribution in [0.4, 0.5) is 17.2 Å². The van der Waals surface area contributed by atoms with Crippen molar-refractivity contribution >= 4 is 23.1 Å². The number of anilines is 2. The molecule has 0 aliphatic carbocycles. The predicted octanol–water partition coefficient (Wildman–Crippen LogP) is 0.664. The van der Waals surface area contributed by atoms with Crippen molar-refractivity contribution in [3.05, 3.63) is 22.4 Å². The van der Waals surface area contributed by atoms with Gasteiger partial charge in [0, 0.05) is 25.6 Å². The maximum absolute atomic E-state index is 11.0. The van der Waals surface area contributed by atoms with Gasteiger partial charge in [0.15, 0.2) is 5.69 Å². The van der Waals surface area contributed by atoms with E-state index in [9.17, 15) is 14.9 Å². The Morgan fingerprint density at radius 1 is 1.60 bits per heavy atom. The first-order valence-corrected chi connectivity index (χ1v) is 6.41. The normalized spacial score (nSPS) is 18.8. The lowest BCUT2D eigenvalue weighted by atomic mass is 9.94. The third-order valence-electron chi connectivity index (χ3n) is 3.47. The Kier molecular flexibility index (Phi) is 4.02. The first-order chi connectivity index (χ1) is 9.49. The number of piperidine rings is 1. The smallest absolute Gasteiger partial charge is 0.388 e. The van der Waals surface area contributed by atoms with Crippen molar-refractivity contribution in [1.29, 1.82) is 0 Å². The molecule has 8 nitrogen and oxygen atoms in total. The second-order valence-electron chi connectivity index (χ2n) is 4.95. The highest BCUT2D eigenvalue weighted by atomic mass is 16.6. The molecule has 20 heavy (non-hydrogen) atoms. The summed E-state index contributed by atoms with van der Waals surface area (Å²) in [6.07, 6.45) is 3.52. The van der Waals surface area contributed by atoms with Gasteiger partial charge in [0.2, 0.25) is 5.91 Å². The highest BCUT2D eigenvalue weighted by Gasteiger charge is 2.26. The third-order valence-corrected chi connectivity index (χ3v) is 3.47. The minimum absolute atomic E-state index is 0.0669. The lowest BCUT2D eigenvalue weighted by molar-refractivity contribution is -0.388. The summed E-state index contributed by atoms with van der Waals surface area (Å²) < 4.78 is 0. The number of carbonyl (C=O) groups excluding carboxylic acids is 1. The molecule has 1 amide bonds. The van der Waals surface area contributed by atoms with E-state index in [2.05, 4.69) is 4.98 Å². The van der Waals surface area contributed by atoms with E-state index in [1.165, 1.54) is 6.20 Å². The summed E-state index contributed by atoms with van der Waals surface area (Å²) >= 11 is 0. The topological polar surface area (TPSA) is 128 Å². The molecule has 0 aromatic carbocycles. The van der Waals surface area contributed by atoms with Crippen molar-refractivity contribution in [2.24, 2.45) is 11.7 Å². The van der Waals surface area contributed by atoms with Gasteiger partial charge in [-0.15, -0.1) is 0 Å². The fraction of sp³-hybridized carbons (Fsp3) is 0.500. The van der Waals surface area contributed by atoms with Crippen LogP contribution in [0.2, 0.25) is 0 Å². The van der Waals surface area contributed by atoms with Crippen molar-refractivity contribution in [3.63, 3.8) is 0 Å². The van der Waals surface area contributed by atoms with Crippen LogP contribution in [0.5, 0.6) is 0 Å².